The van der Waals surface area contributed by atoms with Crippen LogP contribution in [0.25, 0.3) is 5.69 Å². The van der Waals surface area contributed by atoms with Gasteiger partial charge in [0.15, 0.2) is 0 Å². The van der Waals surface area contributed by atoms with Crippen LogP contribution in [0.15, 0.2) is 36.9 Å². The molecule has 1 aromatic heterocycles. The molecule has 5 nitrogen and oxygen atoms in total. The van der Waals surface area contributed by atoms with E-state index in [9.17, 15) is 4.79 Å². The Hall–Kier alpha value is -2.30. The van der Waals surface area contributed by atoms with E-state index >= 15 is 0 Å². The number of amides is 1. The molecule has 1 amide bonds. The molecule has 0 bridgehead atoms. The van der Waals surface area contributed by atoms with Crippen molar-refractivity contribution in [2.24, 2.45) is 0 Å². The van der Waals surface area contributed by atoms with Crippen molar-refractivity contribution in [3.63, 3.8) is 0 Å². The van der Waals surface area contributed by atoms with Crippen LogP contribution in [0, 0.1) is 0 Å². The number of benzene rings is 1. The normalized spacial score (nSPS) is 17.7. The van der Waals surface area contributed by atoms with Gasteiger partial charge in [-0.2, -0.15) is 0 Å². The summed E-state index contributed by atoms with van der Waals surface area (Å²) in [5.74, 6) is 0.0418. The minimum Gasteiger partial charge on any atom is -0.370 e. The first-order valence-electron chi connectivity index (χ1n) is 7.99. The van der Waals surface area contributed by atoms with E-state index in [-0.39, 0.29) is 5.91 Å². The number of aromatic nitrogens is 2. The molecule has 0 atom stereocenters. The summed E-state index contributed by atoms with van der Waals surface area (Å²) in [6, 6.07) is 6.35. The third-order valence-electron chi connectivity index (χ3n) is 4.38. The van der Waals surface area contributed by atoms with Crippen LogP contribution in [0.5, 0.6) is 0 Å². The molecule has 22 heavy (non-hydrogen) atoms. The highest BCUT2D eigenvalue weighted by molar-refractivity contribution is 5.96. The van der Waals surface area contributed by atoms with E-state index in [2.05, 4.69) is 15.2 Å². The molecule has 1 aliphatic heterocycles. The Bertz CT molecular complexity index is 670. The maximum atomic E-state index is 12.3. The smallest absolute Gasteiger partial charge is 0.251 e. The number of anilines is 1. The van der Waals surface area contributed by atoms with Crippen molar-refractivity contribution in [3.05, 3.63) is 42.5 Å². The Morgan fingerprint density at radius 3 is 2.68 bits per heavy atom. The SMILES string of the molecule is O=C(NC1CC1)c1ccc(-n2ccnc2)c(N2CCCC2)c1. The maximum absolute atomic E-state index is 12.3. The van der Waals surface area contributed by atoms with Gasteiger partial charge < -0.3 is 14.8 Å². The fourth-order valence-corrected chi connectivity index (χ4v) is 2.99. The van der Waals surface area contributed by atoms with Crippen LogP contribution < -0.4 is 10.2 Å². The molecule has 2 aromatic rings. The molecule has 4 rings (SSSR count). The Labute approximate surface area is 130 Å². The molecule has 2 heterocycles. The molecule has 1 aliphatic carbocycles. The summed E-state index contributed by atoms with van der Waals surface area (Å²) < 4.78 is 2.01. The molecule has 0 spiro atoms. The molecule has 0 unspecified atom stereocenters. The lowest BCUT2D eigenvalue weighted by atomic mass is 10.1. The number of carbonyl (C=O) groups is 1. The second kappa shape index (κ2) is 5.48. The molecular weight excluding hydrogens is 276 g/mol. The van der Waals surface area contributed by atoms with Crippen molar-refractivity contribution < 1.29 is 4.79 Å². The van der Waals surface area contributed by atoms with Crippen LogP contribution in [-0.4, -0.2) is 34.6 Å². The summed E-state index contributed by atoms with van der Waals surface area (Å²) in [5.41, 5.74) is 2.96. The maximum Gasteiger partial charge on any atom is 0.251 e. The number of nitrogens with zero attached hydrogens (tertiary/aromatic N) is 3. The fourth-order valence-electron chi connectivity index (χ4n) is 2.99. The molecule has 1 N–H and O–H groups in total. The van der Waals surface area contributed by atoms with Gasteiger partial charge in [-0.05, 0) is 43.9 Å². The zero-order chi connectivity index (χ0) is 14.9. The first-order valence-corrected chi connectivity index (χ1v) is 7.99. The molecule has 2 aliphatic rings. The predicted molar refractivity (Wildman–Crippen MR) is 85.5 cm³/mol. The fraction of sp³-hybridized carbons (Fsp3) is 0.412. The van der Waals surface area contributed by atoms with Crippen LogP contribution in [0.2, 0.25) is 0 Å². The lowest BCUT2D eigenvalue weighted by molar-refractivity contribution is 0.0951. The van der Waals surface area contributed by atoms with Crippen molar-refractivity contribution in [3.8, 4) is 5.69 Å². The van der Waals surface area contributed by atoms with Gasteiger partial charge in [-0.15, -0.1) is 0 Å². The summed E-state index contributed by atoms with van der Waals surface area (Å²) in [7, 11) is 0. The highest BCUT2D eigenvalue weighted by atomic mass is 16.1. The van der Waals surface area contributed by atoms with Gasteiger partial charge in [-0.25, -0.2) is 4.98 Å². The number of nitrogens with one attached hydrogen (secondary N) is 1. The monoisotopic (exact) mass is 296 g/mol. The van der Waals surface area contributed by atoms with Gasteiger partial charge in [0.25, 0.3) is 5.91 Å². The summed E-state index contributed by atoms with van der Waals surface area (Å²) in [4.78, 5) is 18.8. The third-order valence-corrected chi connectivity index (χ3v) is 4.38. The topological polar surface area (TPSA) is 50.2 Å². The highest BCUT2D eigenvalue weighted by Gasteiger charge is 2.25. The van der Waals surface area contributed by atoms with Gasteiger partial charge in [0, 0.05) is 37.1 Å². The minimum atomic E-state index is 0.0418. The summed E-state index contributed by atoms with van der Waals surface area (Å²) in [6.07, 6.45) is 10.2. The van der Waals surface area contributed by atoms with Crippen molar-refractivity contribution in [2.45, 2.75) is 31.7 Å². The minimum absolute atomic E-state index is 0.0418. The molecule has 2 fully saturated rings. The van der Waals surface area contributed by atoms with Gasteiger partial charge in [0.2, 0.25) is 0 Å². The first-order chi connectivity index (χ1) is 10.8. The summed E-state index contributed by atoms with van der Waals surface area (Å²) >= 11 is 0. The highest BCUT2D eigenvalue weighted by Crippen LogP contribution is 2.29. The van der Waals surface area contributed by atoms with Crippen LogP contribution >= 0.6 is 0 Å². The van der Waals surface area contributed by atoms with Crippen molar-refractivity contribution >= 4 is 11.6 Å². The van der Waals surface area contributed by atoms with Crippen LogP contribution in [-0.2, 0) is 0 Å². The van der Waals surface area contributed by atoms with Crippen molar-refractivity contribution in [1.29, 1.82) is 0 Å². The van der Waals surface area contributed by atoms with Crippen LogP contribution in [0.3, 0.4) is 0 Å². The Morgan fingerprint density at radius 1 is 1.18 bits per heavy atom. The number of carbonyl (C=O) groups excluding carboxylic acids is 1. The number of hydrogen-bond acceptors (Lipinski definition) is 3. The standard InChI is InChI=1S/C17H20N4O/c22-17(19-14-4-5-14)13-3-6-15(21-10-7-18-12-21)16(11-13)20-8-1-2-9-20/h3,6-7,10-12,14H,1-2,4-5,8-9H2,(H,19,22). The third kappa shape index (κ3) is 2.58. The number of imidazole rings is 1. The van der Waals surface area contributed by atoms with Crippen molar-refractivity contribution in [2.75, 3.05) is 18.0 Å². The van der Waals surface area contributed by atoms with Gasteiger partial charge in [0.1, 0.15) is 0 Å². The largest absolute Gasteiger partial charge is 0.370 e. The lowest BCUT2D eigenvalue weighted by Crippen LogP contribution is -2.26. The van der Waals surface area contributed by atoms with E-state index in [1.54, 1.807) is 12.5 Å². The zero-order valence-electron chi connectivity index (χ0n) is 12.5. The predicted octanol–water partition coefficient (Wildman–Crippen LogP) is 2.36. The summed E-state index contributed by atoms with van der Waals surface area (Å²) in [5, 5.41) is 3.07. The average molecular weight is 296 g/mol. The molecule has 114 valence electrons. The van der Waals surface area contributed by atoms with E-state index < -0.39 is 0 Å². The summed E-state index contributed by atoms with van der Waals surface area (Å²) in [6.45, 7) is 2.10. The number of hydrogen-bond donors (Lipinski definition) is 1. The van der Waals surface area contributed by atoms with E-state index in [1.807, 2.05) is 29.0 Å². The zero-order valence-corrected chi connectivity index (χ0v) is 12.5. The second-order valence-corrected chi connectivity index (χ2v) is 6.12. The van der Waals surface area contributed by atoms with Gasteiger partial charge in [0.05, 0.1) is 17.7 Å². The lowest BCUT2D eigenvalue weighted by Gasteiger charge is -2.22. The quantitative estimate of drug-likeness (QED) is 0.942. The molecular formula is C17H20N4O. The van der Waals surface area contributed by atoms with Crippen LogP contribution in [0.1, 0.15) is 36.0 Å². The van der Waals surface area contributed by atoms with Gasteiger partial charge in [-0.1, -0.05) is 0 Å². The van der Waals surface area contributed by atoms with Gasteiger partial charge in [-0.3, -0.25) is 4.79 Å². The van der Waals surface area contributed by atoms with Crippen molar-refractivity contribution in [1.82, 2.24) is 14.9 Å². The Kier molecular flexibility index (Phi) is 3.33. The van der Waals surface area contributed by atoms with E-state index in [4.69, 9.17) is 0 Å². The molecule has 1 aromatic carbocycles. The molecule has 0 radical (unpaired) electrons. The van der Waals surface area contributed by atoms with E-state index in [0.29, 0.717) is 6.04 Å². The second-order valence-electron chi connectivity index (χ2n) is 6.12. The Balaban J connectivity index is 1.70. The van der Waals surface area contributed by atoms with E-state index in [1.165, 1.54) is 12.8 Å². The molecule has 5 heteroatoms. The first kappa shape index (κ1) is 13.4. The van der Waals surface area contributed by atoms with Crippen LogP contribution in [0.4, 0.5) is 5.69 Å². The molecule has 1 saturated carbocycles. The van der Waals surface area contributed by atoms with E-state index in [0.717, 1.165) is 42.9 Å². The number of rotatable bonds is 4. The molecule has 1 saturated heterocycles. The average Bonchev–Trinajstić information content (AvgIpc) is 3.02. The van der Waals surface area contributed by atoms with Gasteiger partial charge >= 0.3 is 0 Å². The Morgan fingerprint density at radius 2 is 2.00 bits per heavy atom.